The molecule has 0 aliphatic rings. The Hall–Kier alpha value is -3.53. The van der Waals surface area contributed by atoms with Gasteiger partial charge in [-0.05, 0) is 41.0 Å². The molecule has 3 rings (SSSR count). The van der Waals surface area contributed by atoms with Crippen molar-refractivity contribution in [2.24, 2.45) is 11.0 Å². The number of amides is 2. The lowest BCUT2D eigenvalue weighted by molar-refractivity contribution is -0.123. The van der Waals surface area contributed by atoms with Gasteiger partial charge in [-0.2, -0.15) is 5.10 Å². The van der Waals surface area contributed by atoms with Crippen molar-refractivity contribution in [2.45, 2.75) is 19.9 Å². The number of hydrogen-bond donors (Lipinski definition) is 2. The Balaban J connectivity index is 1.78. The Labute approximate surface area is 208 Å². The number of terminal acetylenes is 1. The fraction of sp³-hybridized carbons (Fsp3) is 0.192. The number of hydrogen-bond acceptors (Lipinski definition) is 4. The van der Waals surface area contributed by atoms with Crippen LogP contribution in [0.4, 0.5) is 0 Å². The molecule has 3 aromatic carbocycles. The molecule has 0 fully saturated rings. The third-order valence-corrected chi connectivity index (χ3v) is 5.77. The van der Waals surface area contributed by atoms with Crippen molar-refractivity contribution in [1.82, 2.24) is 10.7 Å². The topological polar surface area (TPSA) is 79.8 Å². The molecule has 0 spiro atoms. The van der Waals surface area contributed by atoms with E-state index in [9.17, 15) is 9.59 Å². The normalized spacial score (nSPS) is 11.9. The van der Waals surface area contributed by atoms with Gasteiger partial charge in [0.1, 0.15) is 18.4 Å². The first-order chi connectivity index (χ1) is 16.3. The second-order valence-electron chi connectivity index (χ2n) is 7.75. The van der Waals surface area contributed by atoms with E-state index in [1.807, 2.05) is 44.2 Å². The SMILES string of the molecule is C#CCOc1ccc2ccccc2c1/C=N/NC(=O)C(NC(=O)c1ccc(Cl)c(Cl)c1)C(C)C. The summed E-state index contributed by atoms with van der Waals surface area (Å²) in [6, 6.07) is 15.1. The van der Waals surface area contributed by atoms with Crippen LogP contribution >= 0.6 is 23.2 Å². The van der Waals surface area contributed by atoms with E-state index in [2.05, 4.69) is 21.8 Å². The van der Waals surface area contributed by atoms with Crippen LogP contribution in [0.15, 0.2) is 59.7 Å². The largest absolute Gasteiger partial charge is 0.480 e. The highest BCUT2D eigenvalue weighted by Crippen LogP contribution is 2.27. The van der Waals surface area contributed by atoms with Crippen LogP contribution in [-0.4, -0.2) is 30.7 Å². The average molecular weight is 496 g/mol. The molecule has 0 aliphatic heterocycles. The van der Waals surface area contributed by atoms with Crippen molar-refractivity contribution in [2.75, 3.05) is 6.61 Å². The number of halogens is 2. The summed E-state index contributed by atoms with van der Waals surface area (Å²) in [5, 5.41) is 9.31. The van der Waals surface area contributed by atoms with Crippen molar-refractivity contribution in [1.29, 1.82) is 0 Å². The van der Waals surface area contributed by atoms with E-state index in [0.29, 0.717) is 21.9 Å². The Bertz CT molecular complexity index is 1280. The molecule has 0 aliphatic carbocycles. The van der Waals surface area contributed by atoms with Crippen LogP contribution in [0.3, 0.4) is 0 Å². The first-order valence-corrected chi connectivity index (χ1v) is 11.2. The van der Waals surface area contributed by atoms with E-state index in [1.165, 1.54) is 24.4 Å². The predicted molar refractivity (Wildman–Crippen MR) is 137 cm³/mol. The summed E-state index contributed by atoms with van der Waals surface area (Å²) in [7, 11) is 0. The molecule has 174 valence electrons. The van der Waals surface area contributed by atoms with E-state index in [-0.39, 0.29) is 17.5 Å². The smallest absolute Gasteiger partial charge is 0.262 e. The maximum absolute atomic E-state index is 12.8. The van der Waals surface area contributed by atoms with Crippen LogP contribution < -0.4 is 15.5 Å². The zero-order chi connectivity index (χ0) is 24.7. The minimum absolute atomic E-state index is 0.0989. The molecule has 0 saturated heterocycles. The molecule has 8 heteroatoms. The molecular formula is C26H23Cl2N3O3. The highest BCUT2D eigenvalue weighted by molar-refractivity contribution is 6.42. The highest BCUT2D eigenvalue weighted by atomic mass is 35.5. The Morgan fingerprint density at radius 2 is 1.88 bits per heavy atom. The number of fused-ring (bicyclic) bond motifs is 1. The van der Waals surface area contributed by atoms with Crippen molar-refractivity contribution in [3.8, 4) is 18.1 Å². The molecule has 34 heavy (non-hydrogen) atoms. The summed E-state index contributed by atoms with van der Waals surface area (Å²) in [5.41, 5.74) is 3.48. The lowest BCUT2D eigenvalue weighted by atomic mass is 10.0. The van der Waals surface area contributed by atoms with Crippen LogP contribution in [0.5, 0.6) is 5.75 Å². The van der Waals surface area contributed by atoms with Crippen LogP contribution in [0.2, 0.25) is 10.0 Å². The monoisotopic (exact) mass is 495 g/mol. The second kappa shape index (κ2) is 11.6. The van der Waals surface area contributed by atoms with Gasteiger partial charge in [-0.15, -0.1) is 6.42 Å². The molecule has 0 heterocycles. The van der Waals surface area contributed by atoms with E-state index >= 15 is 0 Å². The molecule has 2 amide bonds. The summed E-state index contributed by atoms with van der Waals surface area (Å²) < 4.78 is 5.64. The van der Waals surface area contributed by atoms with Crippen molar-refractivity contribution in [3.63, 3.8) is 0 Å². The van der Waals surface area contributed by atoms with Gasteiger partial charge in [0.2, 0.25) is 0 Å². The second-order valence-corrected chi connectivity index (χ2v) is 8.56. The molecule has 0 radical (unpaired) electrons. The van der Waals surface area contributed by atoms with E-state index in [0.717, 1.165) is 10.8 Å². The first-order valence-electron chi connectivity index (χ1n) is 10.5. The summed E-state index contributed by atoms with van der Waals surface area (Å²) in [5.74, 6) is 1.87. The number of nitrogens with one attached hydrogen (secondary N) is 2. The molecule has 1 unspecified atom stereocenters. The Kier molecular flexibility index (Phi) is 8.53. The molecular weight excluding hydrogens is 473 g/mol. The van der Waals surface area contributed by atoms with Gasteiger partial charge in [0.15, 0.2) is 0 Å². The molecule has 6 nitrogen and oxygen atoms in total. The highest BCUT2D eigenvalue weighted by Gasteiger charge is 2.25. The molecule has 3 aromatic rings. The van der Waals surface area contributed by atoms with Gasteiger partial charge < -0.3 is 10.1 Å². The van der Waals surface area contributed by atoms with Crippen molar-refractivity contribution in [3.05, 3.63) is 75.8 Å². The van der Waals surface area contributed by atoms with E-state index < -0.39 is 17.9 Å². The van der Waals surface area contributed by atoms with Crippen molar-refractivity contribution < 1.29 is 14.3 Å². The summed E-state index contributed by atoms with van der Waals surface area (Å²) >= 11 is 11.9. The molecule has 0 saturated carbocycles. The van der Waals surface area contributed by atoms with Crippen LogP contribution in [0.25, 0.3) is 10.8 Å². The summed E-state index contributed by atoms with van der Waals surface area (Å²) in [6.07, 6.45) is 6.83. The van der Waals surface area contributed by atoms with Gasteiger partial charge in [0.05, 0.1) is 16.3 Å². The zero-order valence-electron chi connectivity index (χ0n) is 18.6. The van der Waals surface area contributed by atoms with Crippen LogP contribution in [0, 0.1) is 18.3 Å². The number of nitrogens with zero attached hydrogens (tertiary/aromatic N) is 1. The summed E-state index contributed by atoms with van der Waals surface area (Å²) in [4.78, 5) is 25.5. The van der Waals surface area contributed by atoms with Gasteiger partial charge in [0.25, 0.3) is 11.8 Å². The van der Waals surface area contributed by atoms with Crippen LogP contribution in [-0.2, 0) is 4.79 Å². The predicted octanol–water partition coefficient (Wildman–Crippen LogP) is 5.06. The number of rotatable bonds is 8. The fourth-order valence-electron chi connectivity index (χ4n) is 3.28. The lowest BCUT2D eigenvalue weighted by Gasteiger charge is -2.20. The Morgan fingerprint density at radius 3 is 2.59 bits per heavy atom. The minimum atomic E-state index is -0.830. The first kappa shape index (κ1) is 25.1. The Morgan fingerprint density at radius 1 is 1.12 bits per heavy atom. The third-order valence-electron chi connectivity index (χ3n) is 5.03. The standard InChI is InChI=1S/C26H23Cl2N3O3/c1-4-13-34-23-12-10-17-7-5-6-8-19(17)20(23)15-29-31-26(33)24(16(2)3)30-25(32)18-9-11-21(27)22(28)14-18/h1,5-12,14-16,24H,13H2,2-3H3,(H,30,32)(H,31,33)/b29-15+. The number of ether oxygens (including phenoxy) is 1. The van der Waals surface area contributed by atoms with Gasteiger partial charge in [-0.3, -0.25) is 9.59 Å². The van der Waals surface area contributed by atoms with Gasteiger partial charge >= 0.3 is 0 Å². The lowest BCUT2D eigenvalue weighted by Crippen LogP contribution is -2.48. The van der Waals surface area contributed by atoms with E-state index in [4.69, 9.17) is 34.4 Å². The number of hydrazone groups is 1. The number of carbonyl (C=O) groups excluding carboxylic acids is 2. The summed E-state index contributed by atoms with van der Waals surface area (Å²) in [6.45, 7) is 3.74. The quantitative estimate of drug-likeness (QED) is 0.260. The van der Waals surface area contributed by atoms with Gasteiger partial charge in [-0.25, -0.2) is 5.43 Å². The maximum atomic E-state index is 12.8. The molecule has 2 N–H and O–H groups in total. The average Bonchev–Trinajstić information content (AvgIpc) is 2.82. The molecule has 0 bridgehead atoms. The number of benzene rings is 3. The van der Waals surface area contributed by atoms with Crippen molar-refractivity contribution >= 4 is 52.0 Å². The fourth-order valence-corrected chi connectivity index (χ4v) is 3.58. The molecule has 1 atom stereocenters. The molecule has 0 aromatic heterocycles. The minimum Gasteiger partial charge on any atom is -0.480 e. The zero-order valence-corrected chi connectivity index (χ0v) is 20.2. The maximum Gasteiger partial charge on any atom is 0.262 e. The van der Waals surface area contributed by atoms with Crippen LogP contribution in [0.1, 0.15) is 29.8 Å². The van der Waals surface area contributed by atoms with E-state index in [1.54, 1.807) is 6.07 Å². The van der Waals surface area contributed by atoms with Gasteiger partial charge in [-0.1, -0.05) is 73.3 Å². The third kappa shape index (κ3) is 6.07. The van der Waals surface area contributed by atoms with Gasteiger partial charge in [0, 0.05) is 11.1 Å². The number of carbonyl (C=O) groups is 2.